The second kappa shape index (κ2) is 11.3. The molecule has 0 radical (unpaired) electrons. The van der Waals surface area contributed by atoms with E-state index in [0.717, 1.165) is 0 Å². The Morgan fingerprint density at radius 2 is 1.54 bits per heavy atom. The van der Waals surface area contributed by atoms with Crippen LogP contribution in [-0.4, -0.2) is 34.7 Å². The molecule has 0 atom stereocenters. The van der Waals surface area contributed by atoms with Crippen LogP contribution >= 0.6 is 23.2 Å². The predicted octanol–water partition coefficient (Wildman–Crippen LogP) is 6.00. The van der Waals surface area contributed by atoms with E-state index in [0.29, 0.717) is 45.3 Å². The van der Waals surface area contributed by atoms with Crippen molar-refractivity contribution in [2.24, 2.45) is 0 Å². The van der Waals surface area contributed by atoms with E-state index in [1.807, 2.05) is 0 Å². The van der Waals surface area contributed by atoms with Crippen LogP contribution in [0, 0.1) is 11.3 Å². The van der Waals surface area contributed by atoms with Crippen molar-refractivity contribution in [1.29, 1.82) is 5.26 Å². The first kappa shape index (κ1) is 27.9. The summed E-state index contributed by atoms with van der Waals surface area (Å²) in [7, 11) is 0.493. The van der Waals surface area contributed by atoms with Gasteiger partial charge < -0.3 is 19.9 Å². The number of aromatic nitrogens is 1. The largest absolute Gasteiger partial charge is 0.493 e. The number of sulfonamides is 1. The lowest BCUT2D eigenvalue weighted by atomic mass is 9.97. The third-order valence-electron chi connectivity index (χ3n) is 5.75. The van der Waals surface area contributed by atoms with Crippen molar-refractivity contribution in [3.8, 4) is 45.7 Å². The molecular weight excluding hydrogens is 563 g/mol. The summed E-state index contributed by atoms with van der Waals surface area (Å²) >= 11 is 12.0. The van der Waals surface area contributed by atoms with Crippen LogP contribution in [0.4, 0.5) is 11.5 Å². The Hall–Kier alpha value is -4.17. The molecule has 1 aromatic heterocycles. The maximum Gasteiger partial charge on any atom is 0.263 e. The number of hydrogen-bond acceptors (Lipinski definition) is 8. The van der Waals surface area contributed by atoms with Crippen LogP contribution in [0.1, 0.15) is 5.56 Å². The Bertz CT molecular complexity index is 1680. The minimum atomic E-state index is -3.99. The van der Waals surface area contributed by atoms with Crippen LogP contribution in [0.3, 0.4) is 0 Å². The van der Waals surface area contributed by atoms with Crippen LogP contribution in [0.15, 0.2) is 65.6 Å². The zero-order valence-corrected chi connectivity index (χ0v) is 23.3. The van der Waals surface area contributed by atoms with Gasteiger partial charge in [0.25, 0.3) is 10.0 Å². The summed E-state index contributed by atoms with van der Waals surface area (Å²) in [5.41, 5.74) is 8.83. The van der Waals surface area contributed by atoms with Crippen molar-refractivity contribution in [2.75, 3.05) is 31.8 Å². The van der Waals surface area contributed by atoms with Crippen molar-refractivity contribution in [1.82, 2.24) is 4.98 Å². The van der Waals surface area contributed by atoms with Gasteiger partial charge in [0.15, 0.2) is 11.5 Å². The SMILES string of the molecule is COc1cc(-c2cc(-c3ccc(NS(=O)(=O)c4cc(Cl)ccc4Cl)cc3)nc(N)c2C#N)cc(OC)c1OC. The highest BCUT2D eigenvalue weighted by Crippen LogP contribution is 2.43. The van der Waals surface area contributed by atoms with Gasteiger partial charge in [0.1, 0.15) is 22.3 Å². The molecule has 3 aromatic carbocycles. The number of benzene rings is 3. The van der Waals surface area contributed by atoms with Gasteiger partial charge in [-0.15, -0.1) is 0 Å². The van der Waals surface area contributed by atoms with E-state index in [9.17, 15) is 13.7 Å². The fraction of sp³-hybridized carbons (Fsp3) is 0.111. The Balaban J connectivity index is 1.73. The van der Waals surface area contributed by atoms with Crippen molar-refractivity contribution >= 4 is 44.7 Å². The first-order chi connectivity index (χ1) is 18.6. The number of hydrogen-bond donors (Lipinski definition) is 2. The van der Waals surface area contributed by atoms with E-state index in [2.05, 4.69) is 15.8 Å². The van der Waals surface area contributed by atoms with Crippen molar-refractivity contribution in [3.05, 3.63) is 76.3 Å². The van der Waals surface area contributed by atoms with Gasteiger partial charge in [-0.2, -0.15) is 5.26 Å². The number of nitrogens with two attached hydrogens (primary N) is 1. The minimum Gasteiger partial charge on any atom is -0.493 e. The minimum absolute atomic E-state index is 0.0270. The quantitative estimate of drug-likeness (QED) is 0.257. The number of rotatable bonds is 8. The molecule has 0 unspecified atom stereocenters. The number of methoxy groups -OCH3 is 3. The summed E-state index contributed by atoms with van der Waals surface area (Å²) in [4.78, 5) is 4.25. The van der Waals surface area contributed by atoms with Crippen LogP contribution in [0.25, 0.3) is 22.4 Å². The van der Waals surface area contributed by atoms with E-state index < -0.39 is 10.0 Å². The number of pyridine rings is 1. The van der Waals surface area contributed by atoms with Gasteiger partial charge in [-0.25, -0.2) is 13.4 Å². The monoisotopic (exact) mass is 584 g/mol. The lowest BCUT2D eigenvalue weighted by Gasteiger charge is -2.16. The summed E-state index contributed by atoms with van der Waals surface area (Å²) < 4.78 is 44.5. The van der Waals surface area contributed by atoms with E-state index >= 15 is 0 Å². The van der Waals surface area contributed by atoms with Crippen molar-refractivity contribution < 1.29 is 22.6 Å². The summed E-state index contributed by atoms with van der Waals surface area (Å²) in [6.07, 6.45) is 0. The van der Waals surface area contributed by atoms with Crippen LogP contribution in [-0.2, 0) is 10.0 Å². The van der Waals surface area contributed by atoms with Gasteiger partial charge in [0.2, 0.25) is 5.75 Å². The second-order valence-corrected chi connectivity index (χ2v) is 10.6. The normalized spacial score (nSPS) is 11.0. The molecule has 9 nitrogen and oxygen atoms in total. The topological polar surface area (TPSA) is 137 Å². The highest BCUT2D eigenvalue weighted by molar-refractivity contribution is 7.92. The lowest BCUT2D eigenvalue weighted by molar-refractivity contribution is 0.324. The third kappa shape index (κ3) is 5.66. The van der Waals surface area contributed by atoms with Gasteiger partial charge >= 0.3 is 0 Å². The molecule has 0 aliphatic rings. The number of anilines is 2. The molecule has 39 heavy (non-hydrogen) atoms. The molecule has 0 aliphatic carbocycles. The first-order valence-corrected chi connectivity index (χ1v) is 13.4. The summed E-state index contributed by atoms with van der Waals surface area (Å²) in [6.45, 7) is 0. The predicted molar refractivity (Wildman–Crippen MR) is 151 cm³/mol. The van der Waals surface area contributed by atoms with Gasteiger partial charge in [-0.1, -0.05) is 35.3 Å². The lowest BCUT2D eigenvalue weighted by Crippen LogP contribution is -2.13. The molecule has 4 aromatic rings. The number of nitriles is 1. The average Bonchev–Trinajstić information content (AvgIpc) is 2.93. The van der Waals surface area contributed by atoms with Gasteiger partial charge in [0, 0.05) is 21.8 Å². The number of nitrogen functional groups attached to an aromatic ring is 1. The molecule has 0 fully saturated rings. The fourth-order valence-electron chi connectivity index (χ4n) is 3.90. The molecule has 0 saturated carbocycles. The molecule has 12 heteroatoms. The molecule has 0 spiro atoms. The van der Waals surface area contributed by atoms with Crippen molar-refractivity contribution in [3.63, 3.8) is 0 Å². The van der Waals surface area contributed by atoms with Crippen molar-refractivity contribution in [2.45, 2.75) is 4.90 Å². The third-order valence-corrected chi connectivity index (χ3v) is 7.85. The zero-order valence-electron chi connectivity index (χ0n) is 21.0. The first-order valence-electron chi connectivity index (χ1n) is 11.2. The maximum absolute atomic E-state index is 12.9. The highest BCUT2D eigenvalue weighted by Gasteiger charge is 2.21. The summed E-state index contributed by atoms with van der Waals surface area (Å²) in [5, 5.41) is 10.1. The van der Waals surface area contributed by atoms with E-state index in [1.165, 1.54) is 39.5 Å². The van der Waals surface area contributed by atoms with E-state index in [-0.39, 0.29) is 26.3 Å². The smallest absolute Gasteiger partial charge is 0.263 e. The van der Waals surface area contributed by atoms with Gasteiger partial charge in [-0.3, -0.25) is 4.72 Å². The molecule has 0 bridgehead atoms. The molecule has 200 valence electrons. The Morgan fingerprint density at radius 3 is 2.10 bits per heavy atom. The van der Waals surface area contributed by atoms with E-state index in [4.69, 9.17) is 43.1 Å². The van der Waals surface area contributed by atoms with E-state index in [1.54, 1.807) is 42.5 Å². The maximum atomic E-state index is 12.9. The standard InChI is InChI=1S/C27H22Cl2N4O5S/c1-36-23-10-16(11-24(37-2)26(23)38-3)19-13-22(32-27(31)20(19)14-30)15-4-7-18(8-5-15)33-39(34,35)25-12-17(28)6-9-21(25)29/h4-13,33H,1-3H3,(H2,31,32). The molecule has 3 N–H and O–H groups in total. The Kier molecular flexibility index (Phi) is 8.06. The second-order valence-electron chi connectivity index (χ2n) is 8.10. The fourth-order valence-corrected chi connectivity index (χ4v) is 5.72. The molecule has 0 amide bonds. The average molecular weight is 585 g/mol. The Labute approximate surface area is 235 Å². The molecule has 0 saturated heterocycles. The molecular formula is C27H22Cl2N4O5S. The number of halogens is 2. The number of nitrogens with zero attached hydrogens (tertiary/aromatic N) is 2. The van der Waals surface area contributed by atoms with Crippen LogP contribution in [0.5, 0.6) is 17.2 Å². The highest BCUT2D eigenvalue weighted by atomic mass is 35.5. The van der Waals surface area contributed by atoms with Crippen LogP contribution < -0.4 is 24.7 Å². The van der Waals surface area contributed by atoms with Gasteiger partial charge in [0.05, 0.1) is 32.0 Å². The Morgan fingerprint density at radius 1 is 0.897 bits per heavy atom. The summed E-state index contributed by atoms with van der Waals surface area (Å²) in [6, 6.07) is 17.9. The molecule has 4 rings (SSSR count). The van der Waals surface area contributed by atoms with Gasteiger partial charge in [-0.05, 0) is 54.1 Å². The molecule has 0 aliphatic heterocycles. The number of nitrogens with one attached hydrogen (secondary N) is 1. The number of ether oxygens (including phenoxy) is 3. The van der Waals surface area contributed by atoms with Crippen LogP contribution in [0.2, 0.25) is 10.0 Å². The summed E-state index contributed by atoms with van der Waals surface area (Å²) in [5.74, 6) is 1.24. The molecule has 1 heterocycles. The zero-order chi connectivity index (χ0) is 28.3.